The zero-order valence-corrected chi connectivity index (χ0v) is 12.3. The van der Waals surface area contributed by atoms with E-state index in [9.17, 15) is 8.42 Å². The van der Waals surface area contributed by atoms with Crippen LogP contribution in [-0.4, -0.2) is 24.7 Å². The molecule has 1 saturated carbocycles. The summed E-state index contributed by atoms with van der Waals surface area (Å²) in [5.41, 5.74) is 6.46. The van der Waals surface area contributed by atoms with Gasteiger partial charge in [0.05, 0.1) is 11.4 Å². The molecule has 1 aromatic heterocycles. The van der Waals surface area contributed by atoms with E-state index in [1.54, 1.807) is 6.92 Å². The van der Waals surface area contributed by atoms with Crippen LogP contribution in [0.4, 0.5) is 0 Å². The SMILES string of the molecule is Cc1[nH]nc(CN)c1S(=O)(=O)NC(C)C1CCCC1. The molecule has 0 aliphatic heterocycles. The number of nitrogens with one attached hydrogen (secondary N) is 2. The van der Waals surface area contributed by atoms with Crippen molar-refractivity contribution < 1.29 is 8.42 Å². The molecule has 1 aliphatic rings. The molecule has 1 heterocycles. The third-order valence-corrected chi connectivity index (χ3v) is 5.63. The van der Waals surface area contributed by atoms with Crippen molar-refractivity contribution >= 4 is 10.0 Å². The molecular weight excluding hydrogens is 264 g/mol. The molecule has 6 nitrogen and oxygen atoms in total. The third-order valence-electron chi connectivity index (χ3n) is 3.87. The van der Waals surface area contributed by atoms with Crippen LogP contribution in [0.3, 0.4) is 0 Å². The molecule has 0 spiro atoms. The number of sulfonamides is 1. The number of hydrogen-bond acceptors (Lipinski definition) is 4. The summed E-state index contributed by atoms with van der Waals surface area (Å²) in [5, 5.41) is 6.62. The molecule has 1 fully saturated rings. The Morgan fingerprint density at radius 1 is 1.47 bits per heavy atom. The number of aryl methyl sites for hydroxylation is 1. The monoisotopic (exact) mass is 286 g/mol. The van der Waals surface area contributed by atoms with Gasteiger partial charge in [0.1, 0.15) is 4.90 Å². The first-order valence-corrected chi connectivity index (χ1v) is 8.20. The molecular formula is C12H22N4O2S. The van der Waals surface area contributed by atoms with Crippen LogP contribution in [-0.2, 0) is 16.6 Å². The minimum atomic E-state index is -3.55. The van der Waals surface area contributed by atoms with Crippen molar-refractivity contribution in [3.63, 3.8) is 0 Å². The van der Waals surface area contributed by atoms with Crippen LogP contribution >= 0.6 is 0 Å². The maximum Gasteiger partial charge on any atom is 0.244 e. The lowest BCUT2D eigenvalue weighted by Gasteiger charge is -2.20. The van der Waals surface area contributed by atoms with Gasteiger partial charge < -0.3 is 5.73 Å². The molecule has 1 aliphatic carbocycles. The van der Waals surface area contributed by atoms with E-state index >= 15 is 0 Å². The molecule has 0 radical (unpaired) electrons. The molecule has 0 saturated heterocycles. The van der Waals surface area contributed by atoms with Crippen molar-refractivity contribution in [1.82, 2.24) is 14.9 Å². The van der Waals surface area contributed by atoms with E-state index in [4.69, 9.17) is 5.73 Å². The quantitative estimate of drug-likeness (QED) is 0.752. The summed E-state index contributed by atoms with van der Waals surface area (Å²) in [6, 6.07) is -0.0487. The van der Waals surface area contributed by atoms with Crippen molar-refractivity contribution in [3.05, 3.63) is 11.4 Å². The smallest absolute Gasteiger partial charge is 0.244 e. The minimum absolute atomic E-state index is 0.0487. The maximum absolute atomic E-state index is 12.4. The van der Waals surface area contributed by atoms with E-state index < -0.39 is 10.0 Å². The second-order valence-electron chi connectivity index (χ2n) is 5.28. The summed E-state index contributed by atoms with van der Waals surface area (Å²) in [6.07, 6.45) is 4.57. The Hall–Kier alpha value is -0.920. The summed E-state index contributed by atoms with van der Waals surface area (Å²) in [5.74, 6) is 0.434. The topological polar surface area (TPSA) is 101 Å². The number of aromatic nitrogens is 2. The summed E-state index contributed by atoms with van der Waals surface area (Å²) in [4.78, 5) is 0.208. The van der Waals surface area contributed by atoms with Crippen molar-refractivity contribution in [1.29, 1.82) is 0 Å². The van der Waals surface area contributed by atoms with E-state index in [2.05, 4.69) is 14.9 Å². The molecule has 7 heteroatoms. The molecule has 108 valence electrons. The van der Waals surface area contributed by atoms with Gasteiger partial charge in [-0.25, -0.2) is 13.1 Å². The maximum atomic E-state index is 12.4. The van der Waals surface area contributed by atoms with Gasteiger partial charge in [0.15, 0.2) is 0 Å². The molecule has 19 heavy (non-hydrogen) atoms. The van der Waals surface area contributed by atoms with E-state index in [-0.39, 0.29) is 17.5 Å². The Morgan fingerprint density at radius 3 is 2.68 bits per heavy atom. The molecule has 2 rings (SSSR count). The average molecular weight is 286 g/mol. The lowest BCUT2D eigenvalue weighted by atomic mass is 10.0. The fourth-order valence-corrected chi connectivity index (χ4v) is 4.51. The number of rotatable bonds is 5. The lowest BCUT2D eigenvalue weighted by Crippen LogP contribution is -2.37. The van der Waals surface area contributed by atoms with Crippen LogP contribution in [0.1, 0.15) is 44.0 Å². The Labute approximate surface area is 114 Å². The van der Waals surface area contributed by atoms with Crippen LogP contribution in [0.2, 0.25) is 0 Å². The predicted molar refractivity (Wildman–Crippen MR) is 73.0 cm³/mol. The average Bonchev–Trinajstić information content (AvgIpc) is 2.96. The Kier molecular flexibility index (Phi) is 4.27. The largest absolute Gasteiger partial charge is 0.325 e. The third kappa shape index (κ3) is 2.98. The van der Waals surface area contributed by atoms with Crippen LogP contribution in [0.5, 0.6) is 0 Å². The van der Waals surface area contributed by atoms with Gasteiger partial charge in [0.2, 0.25) is 10.0 Å². The zero-order valence-electron chi connectivity index (χ0n) is 11.4. The molecule has 0 bridgehead atoms. The molecule has 0 amide bonds. The summed E-state index contributed by atoms with van der Waals surface area (Å²) in [7, 11) is -3.55. The van der Waals surface area contributed by atoms with Gasteiger partial charge in [0, 0.05) is 12.6 Å². The summed E-state index contributed by atoms with van der Waals surface area (Å²) >= 11 is 0. The molecule has 1 atom stereocenters. The van der Waals surface area contributed by atoms with E-state index in [1.807, 2.05) is 6.92 Å². The van der Waals surface area contributed by atoms with Crippen molar-refractivity contribution in [2.24, 2.45) is 11.7 Å². The zero-order chi connectivity index (χ0) is 14.0. The highest BCUT2D eigenvalue weighted by Crippen LogP contribution is 2.28. The van der Waals surface area contributed by atoms with E-state index in [0.717, 1.165) is 12.8 Å². The Bertz CT molecular complexity index is 532. The van der Waals surface area contributed by atoms with Gasteiger partial charge in [-0.2, -0.15) is 5.10 Å². The van der Waals surface area contributed by atoms with Gasteiger partial charge in [-0.1, -0.05) is 12.8 Å². The van der Waals surface area contributed by atoms with Gasteiger partial charge in [0.25, 0.3) is 0 Å². The molecule has 0 aromatic carbocycles. The number of nitrogens with zero attached hydrogens (tertiary/aromatic N) is 1. The predicted octanol–water partition coefficient (Wildman–Crippen LogP) is 1.03. The van der Waals surface area contributed by atoms with Crippen LogP contribution < -0.4 is 10.5 Å². The molecule has 4 N–H and O–H groups in total. The Morgan fingerprint density at radius 2 is 2.11 bits per heavy atom. The number of H-pyrrole nitrogens is 1. The normalized spacial score (nSPS) is 18.9. The standard InChI is InChI=1S/C12H22N4O2S/c1-8(10-5-3-4-6-10)16-19(17,18)12-9(2)14-15-11(12)7-13/h8,10,16H,3-7,13H2,1-2H3,(H,14,15). The molecule has 1 aromatic rings. The highest BCUT2D eigenvalue weighted by atomic mass is 32.2. The number of nitrogens with two attached hydrogens (primary N) is 1. The fraction of sp³-hybridized carbons (Fsp3) is 0.750. The van der Waals surface area contributed by atoms with E-state index in [0.29, 0.717) is 17.3 Å². The van der Waals surface area contributed by atoms with Gasteiger partial charge >= 0.3 is 0 Å². The summed E-state index contributed by atoms with van der Waals surface area (Å²) < 4.78 is 27.6. The Balaban J connectivity index is 2.19. The highest BCUT2D eigenvalue weighted by molar-refractivity contribution is 7.89. The van der Waals surface area contributed by atoms with Crippen molar-refractivity contribution in [3.8, 4) is 0 Å². The first-order chi connectivity index (χ1) is 8.95. The molecule has 1 unspecified atom stereocenters. The number of aromatic amines is 1. The van der Waals surface area contributed by atoms with Gasteiger partial charge in [-0.3, -0.25) is 5.10 Å². The summed E-state index contributed by atoms with van der Waals surface area (Å²) in [6.45, 7) is 3.74. The second kappa shape index (κ2) is 5.60. The van der Waals surface area contributed by atoms with Crippen molar-refractivity contribution in [2.75, 3.05) is 0 Å². The lowest BCUT2D eigenvalue weighted by molar-refractivity contribution is 0.423. The highest BCUT2D eigenvalue weighted by Gasteiger charge is 2.29. The first-order valence-electron chi connectivity index (χ1n) is 6.72. The van der Waals surface area contributed by atoms with Gasteiger partial charge in [-0.05, 0) is 32.6 Å². The van der Waals surface area contributed by atoms with Crippen LogP contribution in [0, 0.1) is 12.8 Å². The fourth-order valence-electron chi connectivity index (χ4n) is 2.82. The van der Waals surface area contributed by atoms with Crippen LogP contribution in [0.25, 0.3) is 0 Å². The van der Waals surface area contributed by atoms with E-state index in [1.165, 1.54) is 12.8 Å². The van der Waals surface area contributed by atoms with Crippen molar-refractivity contribution in [2.45, 2.75) is 57.0 Å². The first kappa shape index (κ1) is 14.5. The second-order valence-corrected chi connectivity index (χ2v) is 6.93. The minimum Gasteiger partial charge on any atom is -0.325 e. The number of hydrogen-bond donors (Lipinski definition) is 3. The van der Waals surface area contributed by atoms with Crippen LogP contribution in [0.15, 0.2) is 4.90 Å². The van der Waals surface area contributed by atoms with Gasteiger partial charge in [-0.15, -0.1) is 0 Å².